The minimum Gasteiger partial charge on any atom is -0.398 e. The molecule has 0 N–H and O–H groups in total. The van der Waals surface area contributed by atoms with Gasteiger partial charge >= 0.3 is 8.56 Å². The smallest absolute Gasteiger partial charge is 0.338 e. The summed E-state index contributed by atoms with van der Waals surface area (Å²) in [6.07, 6.45) is 3.98. The van der Waals surface area contributed by atoms with Crippen LogP contribution in [0, 0.1) is 0 Å². The number of rotatable bonds is 8. The Morgan fingerprint density at radius 3 is 2.59 bits per heavy atom. The third kappa shape index (κ3) is 5.30. The van der Waals surface area contributed by atoms with Gasteiger partial charge in [0.2, 0.25) is 0 Å². The first kappa shape index (κ1) is 14.2. The molecule has 0 aliphatic heterocycles. The molecular weight excluding hydrogens is 228 g/mol. The maximum Gasteiger partial charge on any atom is 0.338 e. The first-order valence-electron chi connectivity index (χ1n) is 6.04. The van der Waals surface area contributed by atoms with Crippen LogP contribution < -0.4 is 0 Å². The highest BCUT2D eigenvalue weighted by molar-refractivity contribution is 6.66. The maximum absolute atomic E-state index is 5.89. The predicted octanol–water partition coefficient (Wildman–Crippen LogP) is 3.54. The van der Waals surface area contributed by atoms with Crippen molar-refractivity contribution in [2.24, 2.45) is 0 Å². The Morgan fingerprint density at radius 1 is 1.29 bits per heavy atom. The second-order valence-corrected chi connectivity index (χ2v) is 7.64. The Kier molecular flexibility index (Phi) is 6.19. The average Bonchev–Trinajstić information content (AvgIpc) is 2.36. The normalized spacial score (nSPS) is 14.2. The Hall–Kier alpha value is -0.903. The first-order chi connectivity index (χ1) is 8.20. The van der Waals surface area contributed by atoms with E-state index in [4.69, 9.17) is 8.85 Å². The zero-order valence-corrected chi connectivity index (χ0v) is 11.8. The van der Waals surface area contributed by atoms with Crippen molar-refractivity contribution in [2.75, 3.05) is 13.7 Å². The summed E-state index contributed by atoms with van der Waals surface area (Å²) in [5, 5.41) is 0. The minimum atomic E-state index is -1.98. The molecule has 1 aromatic rings. The molecule has 0 radical (unpaired) electrons. The van der Waals surface area contributed by atoms with Crippen molar-refractivity contribution in [3.63, 3.8) is 0 Å². The molecule has 0 spiro atoms. The van der Waals surface area contributed by atoms with Crippen LogP contribution in [0.25, 0.3) is 0 Å². The lowest BCUT2D eigenvalue weighted by Gasteiger charge is -2.23. The van der Waals surface area contributed by atoms with Crippen LogP contribution in [0.1, 0.15) is 12.0 Å². The summed E-state index contributed by atoms with van der Waals surface area (Å²) in [6.45, 7) is 6.59. The molecule has 0 saturated carbocycles. The molecule has 0 bridgehead atoms. The summed E-state index contributed by atoms with van der Waals surface area (Å²) < 4.78 is 11.4. The third-order valence-electron chi connectivity index (χ3n) is 2.81. The van der Waals surface area contributed by atoms with E-state index in [0.717, 1.165) is 25.5 Å². The number of hydrogen-bond acceptors (Lipinski definition) is 2. The number of aryl methyl sites for hydroxylation is 1. The second kappa shape index (κ2) is 7.43. The molecule has 1 aromatic carbocycles. The molecule has 1 unspecified atom stereocenters. The van der Waals surface area contributed by atoms with Crippen LogP contribution in [-0.2, 0) is 15.3 Å². The lowest BCUT2D eigenvalue weighted by Crippen LogP contribution is -2.37. The fourth-order valence-corrected chi connectivity index (χ4v) is 3.18. The summed E-state index contributed by atoms with van der Waals surface area (Å²) >= 11 is 0. The Morgan fingerprint density at radius 2 is 2.00 bits per heavy atom. The zero-order chi connectivity index (χ0) is 12.6. The van der Waals surface area contributed by atoms with Crippen molar-refractivity contribution in [3.05, 3.63) is 48.6 Å². The molecule has 2 nitrogen and oxygen atoms in total. The van der Waals surface area contributed by atoms with Gasteiger partial charge in [0, 0.05) is 19.8 Å². The van der Waals surface area contributed by atoms with Gasteiger partial charge in [-0.3, -0.25) is 0 Å². The number of benzene rings is 1. The highest BCUT2D eigenvalue weighted by Crippen LogP contribution is 2.13. The van der Waals surface area contributed by atoms with Crippen LogP contribution in [0.5, 0.6) is 0 Å². The van der Waals surface area contributed by atoms with Gasteiger partial charge in [-0.25, -0.2) is 0 Å². The van der Waals surface area contributed by atoms with Crippen LogP contribution in [0.2, 0.25) is 12.6 Å². The maximum atomic E-state index is 5.89. The van der Waals surface area contributed by atoms with Gasteiger partial charge in [0.25, 0.3) is 0 Å². The summed E-state index contributed by atoms with van der Waals surface area (Å²) in [4.78, 5) is 0. The largest absolute Gasteiger partial charge is 0.398 e. The highest BCUT2D eigenvalue weighted by atomic mass is 28.4. The molecule has 0 aliphatic carbocycles. The van der Waals surface area contributed by atoms with Crippen LogP contribution >= 0.6 is 0 Å². The van der Waals surface area contributed by atoms with E-state index in [1.165, 1.54) is 5.56 Å². The molecule has 1 rings (SSSR count). The molecule has 17 heavy (non-hydrogen) atoms. The second-order valence-electron chi connectivity index (χ2n) is 4.27. The predicted molar refractivity (Wildman–Crippen MR) is 74.3 cm³/mol. The minimum absolute atomic E-state index is 0.763. The van der Waals surface area contributed by atoms with E-state index in [2.05, 4.69) is 37.4 Å². The number of allylic oxidation sites excluding steroid dienone is 1. The molecule has 0 aliphatic rings. The summed E-state index contributed by atoms with van der Waals surface area (Å²) in [5.74, 6) is 0. The van der Waals surface area contributed by atoms with E-state index in [9.17, 15) is 0 Å². The SMILES string of the molecule is C=CC[Si](C)(OC)OCCCc1ccccc1. The van der Waals surface area contributed by atoms with Crippen molar-refractivity contribution in [1.29, 1.82) is 0 Å². The quantitative estimate of drug-likeness (QED) is 0.399. The standard InChI is InChI=1S/C14H22O2Si/c1-4-13-17(3,15-2)16-12-8-11-14-9-6-5-7-10-14/h4-7,9-10H,1,8,11-13H2,2-3H3. The van der Waals surface area contributed by atoms with Gasteiger partial charge in [-0.15, -0.1) is 6.58 Å². The first-order valence-corrected chi connectivity index (χ1v) is 8.56. The van der Waals surface area contributed by atoms with Gasteiger partial charge in [0.05, 0.1) is 0 Å². The topological polar surface area (TPSA) is 18.5 Å². The third-order valence-corrected chi connectivity index (χ3v) is 5.52. The van der Waals surface area contributed by atoms with E-state index < -0.39 is 8.56 Å². The molecule has 0 amide bonds. The van der Waals surface area contributed by atoms with Crippen molar-refractivity contribution in [1.82, 2.24) is 0 Å². The fourth-order valence-electron chi connectivity index (χ4n) is 1.67. The van der Waals surface area contributed by atoms with E-state index in [1.54, 1.807) is 7.11 Å². The van der Waals surface area contributed by atoms with Gasteiger partial charge in [-0.05, 0) is 25.0 Å². The van der Waals surface area contributed by atoms with Crippen LogP contribution in [-0.4, -0.2) is 22.3 Å². The highest BCUT2D eigenvalue weighted by Gasteiger charge is 2.27. The molecule has 3 heteroatoms. The van der Waals surface area contributed by atoms with E-state index in [1.807, 2.05) is 12.1 Å². The van der Waals surface area contributed by atoms with Crippen molar-refractivity contribution < 1.29 is 8.85 Å². The van der Waals surface area contributed by atoms with Crippen LogP contribution in [0.15, 0.2) is 43.0 Å². The molecule has 0 fully saturated rings. The lowest BCUT2D eigenvalue weighted by atomic mass is 10.1. The average molecular weight is 250 g/mol. The van der Waals surface area contributed by atoms with Crippen molar-refractivity contribution >= 4 is 8.56 Å². The van der Waals surface area contributed by atoms with E-state index in [-0.39, 0.29) is 0 Å². The Bertz CT molecular complexity index is 326. The molecule has 0 saturated heterocycles. The van der Waals surface area contributed by atoms with E-state index >= 15 is 0 Å². The summed E-state index contributed by atoms with van der Waals surface area (Å²) in [7, 11) is -0.251. The Labute approximate surface area is 106 Å². The number of hydrogen-bond donors (Lipinski definition) is 0. The lowest BCUT2D eigenvalue weighted by molar-refractivity contribution is 0.205. The van der Waals surface area contributed by atoms with Gasteiger partial charge in [0.1, 0.15) is 0 Å². The molecule has 94 valence electrons. The monoisotopic (exact) mass is 250 g/mol. The molecule has 1 atom stereocenters. The summed E-state index contributed by atoms with van der Waals surface area (Å²) in [6, 6.07) is 11.3. The van der Waals surface area contributed by atoms with Crippen LogP contribution in [0.3, 0.4) is 0 Å². The Balaban J connectivity index is 2.25. The van der Waals surface area contributed by atoms with Gasteiger partial charge in [-0.1, -0.05) is 36.4 Å². The van der Waals surface area contributed by atoms with Gasteiger partial charge < -0.3 is 8.85 Å². The van der Waals surface area contributed by atoms with Crippen molar-refractivity contribution in [3.8, 4) is 0 Å². The molecule has 0 aromatic heterocycles. The zero-order valence-electron chi connectivity index (χ0n) is 10.8. The fraction of sp³-hybridized carbons (Fsp3) is 0.429. The van der Waals surface area contributed by atoms with E-state index in [0.29, 0.717) is 0 Å². The molecule has 0 heterocycles. The van der Waals surface area contributed by atoms with Crippen LogP contribution in [0.4, 0.5) is 0 Å². The van der Waals surface area contributed by atoms with Gasteiger partial charge in [0.15, 0.2) is 0 Å². The van der Waals surface area contributed by atoms with Gasteiger partial charge in [-0.2, -0.15) is 0 Å². The van der Waals surface area contributed by atoms with Crippen molar-refractivity contribution in [2.45, 2.75) is 25.4 Å². The summed E-state index contributed by atoms with van der Waals surface area (Å²) in [5.41, 5.74) is 1.36. The molecular formula is C14H22O2Si.